The van der Waals surface area contributed by atoms with E-state index in [4.69, 9.17) is 47.9 Å². The molecule has 0 aromatic carbocycles. The zero-order valence-corrected chi connectivity index (χ0v) is 43.9. The summed E-state index contributed by atoms with van der Waals surface area (Å²) in [6.45, 7) is 30.3. The predicted octanol–water partition coefficient (Wildman–Crippen LogP) is -5.83. The number of piperazine rings is 3. The van der Waals surface area contributed by atoms with Crippen molar-refractivity contribution in [1.82, 2.24) is 30.2 Å². The molecule has 0 unspecified atom stereocenters. The van der Waals surface area contributed by atoms with Crippen LogP contribution >= 0.6 is 0 Å². The molecule has 3 aliphatic rings. The first-order valence-corrected chi connectivity index (χ1v) is 19.6. The Balaban J connectivity index is -0.000000371. The fourth-order valence-electron chi connectivity index (χ4n) is 4.90. The van der Waals surface area contributed by atoms with Crippen LogP contribution in [0.2, 0.25) is 0 Å². The van der Waals surface area contributed by atoms with E-state index in [9.17, 15) is 9.59 Å². The Kier molecular flexibility index (Phi) is 45.5. The smallest absolute Gasteiger partial charge is 1.00 e. The van der Waals surface area contributed by atoms with Gasteiger partial charge in [-0.15, -0.1) is 0 Å². The van der Waals surface area contributed by atoms with E-state index in [1.807, 2.05) is 41.5 Å². The van der Waals surface area contributed by atoms with Gasteiger partial charge in [0.2, 0.25) is 0 Å². The van der Waals surface area contributed by atoms with E-state index in [2.05, 4.69) is 25.3 Å². The fourth-order valence-corrected chi connectivity index (χ4v) is 4.90. The number of nitrogens with zero attached hydrogens (tertiary/aromatic N) is 4. The Hall–Kier alpha value is 0.843. The van der Waals surface area contributed by atoms with Crippen LogP contribution in [0.5, 0.6) is 0 Å². The van der Waals surface area contributed by atoms with E-state index in [0.29, 0.717) is 72.6 Å². The second kappa shape index (κ2) is 41.8. The summed E-state index contributed by atoms with van der Waals surface area (Å²) < 4.78 is 42.0. The predicted molar refractivity (Wildman–Crippen MR) is 210 cm³/mol. The van der Waals surface area contributed by atoms with Gasteiger partial charge in [0.25, 0.3) is 6.47 Å². The monoisotopic (exact) mass is 890 g/mol. The number of ether oxygens (including phenoxy) is 8. The topological polar surface area (TPSA) is 194 Å². The van der Waals surface area contributed by atoms with Crippen molar-refractivity contribution in [1.29, 1.82) is 0 Å². The van der Waals surface area contributed by atoms with Crippen molar-refractivity contribution < 1.29 is 167 Å². The largest absolute Gasteiger partial charge is 1.00 e. The van der Waals surface area contributed by atoms with E-state index >= 15 is 0 Å². The Morgan fingerprint density at radius 2 is 0.862 bits per heavy atom. The SMILES string of the molecule is CC(C)(C)OC(=O)N1CCNCC1.COCCOCCOCCN1CCN(C(=O)OC(C)(C)C)CC1.COCCOCCOCCN1CCNCC1.O=CO[O-].[H-].[K+].[K+]. The normalized spacial score (nSPS) is 16.0. The third-order valence-electron chi connectivity index (χ3n) is 7.75. The quantitative estimate of drug-likeness (QED) is 0.0409. The first-order valence-electron chi connectivity index (χ1n) is 19.6. The van der Waals surface area contributed by atoms with Crippen LogP contribution in [0.15, 0.2) is 0 Å². The van der Waals surface area contributed by atoms with Crippen LogP contribution in [0.1, 0.15) is 43.0 Å². The van der Waals surface area contributed by atoms with Crippen molar-refractivity contribution in [3.05, 3.63) is 0 Å². The maximum atomic E-state index is 12.0. The van der Waals surface area contributed by atoms with E-state index in [1.54, 1.807) is 24.0 Å². The first kappa shape index (κ1) is 63.1. The number of rotatable bonds is 19. The molecule has 0 saturated carbocycles. The van der Waals surface area contributed by atoms with Gasteiger partial charge < -0.3 is 69.9 Å². The summed E-state index contributed by atoms with van der Waals surface area (Å²) in [6.07, 6.45) is -0.421. The number of carbonyl (C=O) groups excluding carboxylic acids is 3. The molecule has 0 bridgehead atoms. The van der Waals surface area contributed by atoms with E-state index in [-0.39, 0.29) is 128 Å². The molecular formula is C37H76K2N6O13. The molecule has 3 saturated heterocycles. The second-order valence-electron chi connectivity index (χ2n) is 14.7. The summed E-state index contributed by atoms with van der Waals surface area (Å²) in [4.78, 5) is 42.9. The van der Waals surface area contributed by atoms with Gasteiger partial charge in [-0.2, -0.15) is 0 Å². The zero-order chi connectivity index (χ0) is 41.9. The van der Waals surface area contributed by atoms with Gasteiger partial charge in [-0.1, -0.05) is 0 Å². The average molecular weight is 891 g/mol. The van der Waals surface area contributed by atoms with Gasteiger partial charge in [0.05, 0.1) is 66.1 Å². The number of hydrogen-bond donors (Lipinski definition) is 2. The van der Waals surface area contributed by atoms with Crippen LogP contribution in [-0.2, 0) is 47.6 Å². The van der Waals surface area contributed by atoms with Gasteiger partial charge in [0.1, 0.15) is 11.2 Å². The van der Waals surface area contributed by atoms with Crippen molar-refractivity contribution in [3.63, 3.8) is 0 Å². The van der Waals surface area contributed by atoms with Gasteiger partial charge in [-0.3, -0.25) is 14.6 Å². The molecule has 3 aliphatic heterocycles. The Bertz CT molecular complexity index is 959. The molecule has 3 rings (SSSR count). The molecule has 0 aliphatic carbocycles. The van der Waals surface area contributed by atoms with Crippen molar-refractivity contribution in [2.75, 3.05) is 172 Å². The third-order valence-corrected chi connectivity index (χ3v) is 7.75. The maximum Gasteiger partial charge on any atom is 1.00 e. The molecule has 21 heteroatoms. The molecule has 0 spiro atoms. The molecular weight excluding hydrogens is 815 g/mol. The van der Waals surface area contributed by atoms with Gasteiger partial charge in [0.15, 0.2) is 0 Å². The standard InChI is InChI=1S/C16H32N2O5.C11H24N2O3.C9H18N2O2.CH2O3.2K.H/c1-16(2,3)23-15(19)18-7-5-17(6-8-18)9-10-21-13-14-22-12-11-20-4;1-14-8-9-16-11-10-15-7-6-13-4-2-12-3-5-13;1-9(2,3)13-8(12)11-6-4-10-5-7-11;2-1-4-3;;;/h5-14H2,1-4H3;12H,2-11H2,1H3;10H,4-7H2,1-3H3;1,3H;;;/q;;;;2*+1;-1/p-1. The Labute approximate surface area is 435 Å². The molecule has 19 nitrogen and oxygen atoms in total. The Morgan fingerprint density at radius 1 is 0.552 bits per heavy atom. The molecule has 0 atom stereocenters. The van der Waals surface area contributed by atoms with Crippen molar-refractivity contribution in [3.8, 4) is 0 Å². The molecule has 0 radical (unpaired) electrons. The van der Waals surface area contributed by atoms with Gasteiger partial charge >= 0.3 is 115 Å². The summed E-state index contributed by atoms with van der Waals surface area (Å²) in [7, 11) is 3.33. The van der Waals surface area contributed by atoms with Crippen LogP contribution in [-0.4, -0.2) is 221 Å². The van der Waals surface area contributed by atoms with E-state index in [0.717, 1.165) is 85.1 Å². The molecule has 0 aromatic rings. The summed E-state index contributed by atoms with van der Waals surface area (Å²) in [6, 6.07) is 0. The van der Waals surface area contributed by atoms with E-state index in [1.165, 1.54) is 0 Å². The van der Waals surface area contributed by atoms with Crippen LogP contribution in [0.3, 0.4) is 0 Å². The minimum atomic E-state index is -0.437. The number of amides is 2. The van der Waals surface area contributed by atoms with E-state index < -0.39 is 5.60 Å². The molecule has 3 fully saturated rings. The number of nitrogens with one attached hydrogen (secondary N) is 2. The molecule has 3 heterocycles. The van der Waals surface area contributed by atoms with Crippen molar-refractivity contribution >= 4 is 18.7 Å². The first-order chi connectivity index (χ1) is 26.8. The third kappa shape index (κ3) is 40.9. The zero-order valence-electron chi connectivity index (χ0n) is 38.6. The van der Waals surface area contributed by atoms with Crippen LogP contribution in [0.4, 0.5) is 9.59 Å². The van der Waals surface area contributed by atoms with Crippen LogP contribution in [0.25, 0.3) is 0 Å². The molecule has 334 valence electrons. The average Bonchev–Trinajstić information content (AvgIpc) is 3.17. The van der Waals surface area contributed by atoms with Crippen molar-refractivity contribution in [2.45, 2.75) is 52.7 Å². The number of methoxy groups -OCH3 is 2. The summed E-state index contributed by atoms with van der Waals surface area (Å²) in [5.41, 5.74) is -0.824. The summed E-state index contributed by atoms with van der Waals surface area (Å²) in [5, 5.41) is 14.9. The minimum absolute atomic E-state index is 0. The van der Waals surface area contributed by atoms with Gasteiger partial charge in [-0.05, 0) is 41.5 Å². The van der Waals surface area contributed by atoms with Crippen LogP contribution < -0.4 is 119 Å². The molecule has 2 N–H and O–H groups in total. The Morgan fingerprint density at radius 3 is 1.21 bits per heavy atom. The second-order valence-corrected chi connectivity index (χ2v) is 14.7. The summed E-state index contributed by atoms with van der Waals surface area (Å²) in [5.74, 6) is 0. The van der Waals surface area contributed by atoms with Crippen LogP contribution in [0, 0.1) is 0 Å². The molecule has 0 aromatic heterocycles. The van der Waals surface area contributed by atoms with Crippen molar-refractivity contribution in [2.24, 2.45) is 0 Å². The minimum Gasteiger partial charge on any atom is -1.00 e. The summed E-state index contributed by atoms with van der Waals surface area (Å²) >= 11 is 0. The number of carbonyl (C=O) groups is 3. The molecule has 2 amide bonds. The van der Waals surface area contributed by atoms with Gasteiger partial charge in [0, 0.05) is 106 Å². The van der Waals surface area contributed by atoms with Gasteiger partial charge in [-0.25, -0.2) is 9.59 Å². The molecule has 58 heavy (non-hydrogen) atoms. The fraction of sp³-hybridized carbons (Fsp3) is 0.919. The maximum absolute atomic E-state index is 12.0. The number of hydrogen-bond acceptors (Lipinski definition) is 17.